The van der Waals surface area contributed by atoms with Crippen molar-refractivity contribution < 1.29 is 22.8 Å². The Morgan fingerprint density at radius 2 is 1.76 bits per heavy atom. The van der Waals surface area contributed by atoms with Gasteiger partial charge in [0.1, 0.15) is 0 Å². The Balaban J connectivity index is 1.48. The molecule has 1 aliphatic heterocycles. The van der Waals surface area contributed by atoms with Crippen molar-refractivity contribution in [2.24, 2.45) is 5.92 Å². The van der Waals surface area contributed by atoms with Gasteiger partial charge in [0.2, 0.25) is 0 Å². The molecule has 1 saturated carbocycles. The average molecular weight is 469 g/mol. The van der Waals surface area contributed by atoms with E-state index < -0.39 is 17.6 Å². The SMILES string of the molecule is CCNC(=O)NC1(CN2CCC(CNC(=O)c3cc(C)cc(C(F)(F)F)c3)CC2)CCCC1. The van der Waals surface area contributed by atoms with E-state index in [4.69, 9.17) is 0 Å². The van der Waals surface area contributed by atoms with Gasteiger partial charge in [-0.1, -0.05) is 12.8 Å². The normalized spacial score (nSPS) is 19.3. The molecule has 3 amide bonds. The largest absolute Gasteiger partial charge is 0.416 e. The number of nitrogens with zero attached hydrogens (tertiary/aromatic N) is 1. The Labute approximate surface area is 193 Å². The zero-order chi connectivity index (χ0) is 24.1. The molecule has 1 aromatic carbocycles. The highest BCUT2D eigenvalue weighted by atomic mass is 19.4. The number of aryl methyl sites for hydroxylation is 1. The minimum Gasteiger partial charge on any atom is -0.352 e. The van der Waals surface area contributed by atoms with Crippen LogP contribution in [0.5, 0.6) is 0 Å². The van der Waals surface area contributed by atoms with Crippen LogP contribution in [0.15, 0.2) is 18.2 Å². The van der Waals surface area contributed by atoms with Gasteiger partial charge in [-0.3, -0.25) is 4.79 Å². The molecule has 33 heavy (non-hydrogen) atoms. The third kappa shape index (κ3) is 7.09. The van der Waals surface area contributed by atoms with E-state index >= 15 is 0 Å². The van der Waals surface area contributed by atoms with Crippen LogP contribution in [0, 0.1) is 12.8 Å². The summed E-state index contributed by atoms with van der Waals surface area (Å²) in [6.07, 6.45) is 1.52. The molecule has 184 valence electrons. The highest BCUT2D eigenvalue weighted by molar-refractivity contribution is 5.94. The third-order valence-corrected chi connectivity index (χ3v) is 6.73. The molecule has 0 unspecified atom stereocenters. The molecule has 2 fully saturated rings. The summed E-state index contributed by atoms with van der Waals surface area (Å²) in [5.41, 5.74) is -0.533. The molecule has 0 radical (unpaired) electrons. The Kier molecular flexibility index (Phi) is 8.26. The standard InChI is InChI=1S/C24H35F3N4O2/c1-3-28-22(33)30-23(8-4-5-9-23)16-31-10-6-18(7-11-31)15-29-21(32)19-12-17(2)13-20(14-19)24(25,26)27/h12-14,18H,3-11,15-16H2,1-2H3,(H,29,32)(H2,28,30,33). The molecular formula is C24H35F3N4O2. The number of rotatable bonds is 7. The minimum atomic E-state index is -4.48. The number of likely N-dealkylation sites (tertiary alicyclic amines) is 1. The molecule has 0 spiro atoms. The van der Waals surface area contributed by atoms with Gasteiger partial charge < -0.3 is 20.9 Å². The fourth-order valence-corrected chi connectivity index (χ4v) is 5.01. The van der Waals surface area contributed by atoms with E-state index in [2.05, 4.69) is 20.9 Å². The van der Waals surface area contributed by atoms with Crippen LogP contribution in [-0.4, -0.2) is 55.1 Å². The number of hydrogen-bond donors (Lipinski definition) is 3. The zero-order valence-electron chi connectivity index (χ0n) is 19.5. The van der Waals surface area contributed by atoms with Crippen molar-refractivity contribution in [1.82, 2.24) is 20.9 Å². The number of halogens is 3. The Morgan fingerprint density at radius 3 is 2.36 bits per heavy atom. The second-order valence-electron chi connectivity index (χ2n) is 9.49. The van der Waals surface area contributed by atoms with Gasteiger partial charge in [-0.25, -0.2) is 4.79 Å². The molecule has 0 aromatic heterocycles. The molecule has 3 N–H and O–H groups in total. The Bertz CT molecular complexity index is 829. The molecule has 0 atom stereocenters. The fraction of sp³-hybridized carbons (Fsp3) is 0.667. The van der Waals surface area contributed by atoms with E-state index in [1.165, 1.54) is 6.07 Å². The van der Waals surface area contributed by atoms with E-state index in [1.807, 2.05) is 6.92 Å². The maximum atomic E-state index is 13.0. The van der Waals surface area contributed by atoms with Crippen LogP contribution in [0.3, 0.4) is 0 Å². The van der Waals surface area contributed by atoms with Crippen LogP contribution in [0.2, 0.25) is 0 Å². The summed E-state index contributed by atoms with van der Waals surface area (Å²) in [5.74, 6) is -0.185. The van der Waals surface area contributed by atoms with Gasteiger partial charge in [0.25, 0.3) is 5.91 Å². The maximum absolute atomic E-state index is 13.0. The van der Waals surface area contributed by atoms with Gasteiger partial charge in [-0.2, -0.15) is 13.2 Å². The summed E-state index contributed by atoms with van der Waals surface area (Å²) in [7, 11) is 0. The molecule has 0 bridgehead atoms. The van der Waals surface area contributed by atoms with Crippen LogP contribution in [0.4, 0.5) is 18.0 Å². The summed E-state index contributed by atoms with van der Waals surface area (Å²) in [5, 5.41) is 8.85. The zero-order valence-corrected chi connectivity index (χ0v) is 19.5. The minimum absolute atomic E-state index is 0.0411. The summed E-state index contributed by atoms with van der Waals surface area (Å²) < 4.78 is 39.1. The molecule has 2 aliphatic rings. The van der Waals surface area contributed by atoms with Crippen molar-refractivity contribution in [3.8, 4) is 0 Å². The molecule has 6 nitrogen and oxygen atoms in total. The number of piperidine rings is 1. The first-order valence-electron chi connectivity index (χ1n) is 11.9. The van der Waals surface area contributed by atoms with E-state index in [-0.39, 0.29) is 23.1 Å². The van der Waals surface area contributed by atoms with Gasteiger partial charge in [0, 0.05) is 25.2 Å². The first-order chi connectivity index (χ1) is 15.6. The predicted octanol–water partition coefficient (Wildman–Crippen LogP) is 4.09. The van der Waals surface area contributed by atoms with E-state index in [1.54, 1.807) is 6.92 Å². The van der Waals surface area contributed by atoms with E-state index in [0.717, 1.165) is 70.3 Å². The molecule has 1 aliphatic carbocycles. The number of carbonyl (C=O) groups excluding carboxylic acids is 2. The number of amides is 3. The number of carbonyl (C=O) groups is 2. The van der Waals surface area contributed by atoms with Crippen LogP contribution in [0.1, 0.15) is 66.9 Å². The van der Waals surface area contributed by atoms with Crippen molar-refractivity contribution in [2.45, 2.75) is 64.1 Å². The molecule has 1 aromatic rings. The first kappa shape index (κ1) is 25.3. The Morgan fingerprint density at radius 1 is 1.09 bits per heavy atom. The summed E-state index contributed by atoms with van der Waals surface area (Å²) >= 11 is 0. The number of urea groups is 1. The summed E-state index contributed by atoms with van der Waals surface area (Å²) in [4.78, 5) is 27.0. The lowest BCUT2D eigenvalue weighted by Gasteiger charge is -2.39. The second-order valence-corrected chi connectivity index (χ2v) is 9.49. The van der Waals surface area contributed by atoms with Crippen molar-refractivity contribution in [3.05, 3.63) is 34.9 Å². The highest BCUT2D eigenvalue weighted by Crippen LogP contribution is 2.32. The lowest BCUT2D eigenvalue weighted by molar-refractivity contribution is -0.137. The lowest BCUT2D eigenvalue weighted by atomic mass is 9.92. The van der Waals surface area contributed by atoms with Gasteiger partial charge >= 0.3 is 12.2 Å². The van der Waals surface area contributed by atoms with E-state index in [9.17, 15) is 22.8 Å². The monoisotopic (exact) mass is 468 g/mol. The average Bonchev–Trinajstić information content (AvgIpc) is 3.19. The van der Waals surface area contributed by atoms with E-state index in [0.29, 0.717) is 18.7 Å². The van der Waals surface area contributed by atoms with Crippen LogP contribution in [-0.2, 0) is 6.18 Å². The van der Waals surface area contributed by atoms with Gasteiger partial charge in [-0.05, 0) is 82.3 Å². The topological polar surface area (TPSA) is 73.5 Å². The smallest absolute Gasteiger partial charge is 0.352 e. The quantitative estimate of drug-likeness (QED) is 0.565. The predicted molar refractivity (Wildman–Crippen MR) is 121 cm³/mol. The van der Waals surface area contributed by atoms with Gasteiger partial charge in [-0.15, -0.1) is 0 Å². The molecular weight excluding hydrogens is 433 g/mol. The maximum Gasteiger partial charge on any atom is 0.416 e. The van der Waals surface area contributed by atoms with Crippen molar-refractivity contribution in [3.63, 3.8) is 0 Å². The summed E-state index contributed by atoms with van der Waals surface area (Å²) in [6.45, 7) is 7.08. The van der Waals surface area contributed by atoms with Crippen molar-refractivity contribution >= 4 is 11.9 Å². The number of benzene rings is 1. The highest BCUT2D eigenvalue weighted by Gasteiger charge is 2.38. The van der Waals surface area contributed by atoms with Crippen molar-refractivity contribution in [2.75, 3.05) is 32.7 Å². The Hall–Kier alpha value is -2.29. The van der Waals surface area contributed by atoms with Crippen LogP contribution < -0.4 is 16.0 Å². The number of hydrogen-bond acceptors (Lipinski definition) is 3. The third-order valence-electron chi connectivity index (χ3n) is 6.73. The number of alkyl halides is 3. The fourth-order valence-electron chi connectivity index (χ4n) is 5.01. The number of nitrogens with one attached hydrogen (secondary N) is 3. The molecule has 9 heteroatoms. The van der Waals surface area contributed by atoms with Gasteiger partial charge in [0.05, 0.1) is 11.1 Å². The van der Waals surface area contributed by atoms with Crippen molar-refractivity contribution in [1.29, 1.82) is 0 Å². The second kappa shape index (κ2) is 10.8. The lowest BCUT2D eigenvalue weighted by Crippen LogP contribution is -2.57. The van der Waals surface area contributed by atoms with Crippen LogP contribution >= 0.6 is 0 Å². The molecule has 1 heterocycles. The first-order valence-corrected chi connectivity index (χ1v) is 11.9. The molecule has 3 rings (SSSR count). The molecule has 1 saturated heterocycles. The van der Waals surface area contributed by atoms with Crippen LogP contribution in [0.25, 0.3) is 0 Å². The summed E-state index contributed by atoms with van der Waals surface area (Å²) in [6, 6.07) is 3.33. The van der Waals surface area contributed by atoms with Gasteiger partial charge in [0.15, 0.2) is 0 Å².